The Morgan fingerprint density at radius 3 is 2.93 bits per heavy atom. The molecule has 2 heterocycles. The average Bonchev–Trinajstić information content (AvgIpc) is 2.59. The third-order valence-electron chi connectivity index (χ3n) is 2.02. The predicted molar refractivity (Wildman–Crippen MR) is 55.6 cm³/mol. The topological polar surface area (TPSA) is 55.6 Å². The second-order valence-corrected chi connectivity index (χ2v) is 3.13. The molecule has 2 aromatic rings. The SMILES string of the molecule is CCn1cnc2nc(Cl)nc(NC)c21. The van der Waals surface area contributed by atoms with E-state index in [4.69, 9.17) is 11.6 Å². The molecule has 0 spiro atoms. The summed E-state index contributed by atoms with van der Waals surface area (Å²) in [5, 5.41) is 3.19. The average molecular weight is 212 g/mol. The van der Waals surface area contributed by atoms with Crippen molar-refractivity contribution < 1.29 is 0 Å². The Hall–Kier alpha value is -1.36. The minimum absolute atomic E-state index is 0.211. The van der Waals surface area contributed by atoms with Crippen LogP contribution in [0.5, 0.6) is 0 Å². The molecule has 5 nitrogen and oxygen atoms in total. The molecule has 2 rings (SSSR count). The van der Waals surface area contributed by atoms with E-state index in [-0.39, 0.29) is 5.28 Å². The van der Waals surface area contributed by atoms with E-state index in [9.17, 15) is 0 Å². The van der Waals surface area contributed by atoms with Crippen LogP contribution in [0.3, 0.4) is 0 Å². The number of fused-ring (bicyclic) bond motifs is 1. The molecule has 0 fully saturated rings. The third kappa shape index (κ3) is 1.29. The summed E-state index contributed by atoms with van der Waals surface area (Å²) >= 11 is 5.74. The Bertz CT molecular complexity index is 464. The van der Waals surface area contributed by atoms with Crippen LogP contribution in [0, 0.1) is 0 Å². The number of aromatic nitrogens is 4. The summed E-state index contributed by atoms with van der Waals surface area (Å²) in [7, 11) is 1.80. The molecule has 6 heteroatoms. The van der Waals surface area contributed by atoms with Crippen LogP contribution in [0.2, 0.25) is 5.28 Å². The summed E-state index contributed by atoms with van der Waals surface area (Å²) in [6, 6.07) is 0. The van der Waals surface area contributed by atoms with E-state index in [1.165, 1.54) is 0 Å². The Balaban J connectivity index is 2.78. The number of hydrogen-bond donors (Lipinski definition) is 1. The van der Waals surface area contributed by atoms with E-state index in [1.54, 1.807) is 13.4 Å². The molecule has 1 N–H and O–H groups in total. The number of nitrogens with zero attached hydrogens (tertiary/aromatic N) is 4. The first-order valence-electron chi connectivity index (χ1n) is 4.32. The van der Waals surface area contributed by atoms with Crippen molar-refractivity contribution >= 4 is 28.6 Å². The fourth-order valence-electron chi connectivity index (χ4n) is 1.37. The predicted octanol–water partition coefficient (Wildman–Crippen LogP) is 1.54. The van der Waals surface area contributed by atoms with Gasteiger partial charge in [-0.1, -0.05) is 0 Å². The molecular weight excluding hydrogens is 202 g/mol. The van der Waals surface area contributed by atoms with Gasteiger partial charge in [-0.05, 0) is 18.5 Å². The van der Waals surface area contributed by atoms with Crippen LogP contribution in [-0.2, 0) is 6.54 Å². The Kier molecular flexibility index (Phi) is 2.25. The monoisotopic (exact) mass is 211 g/mol. The number of rotatable bonds is 2. The van der Waals surface area contributed by atoms with Crippen LogP contribution in [-0.4, -0.2) is 26.6 Å². The molecule has 0 amide bonds. The van der Waals surface area contributed by atoms with Gasteiger partial charge in [-0.3, -0.25) is 0 Å². The number of halogens is 1. The third-order valence-corrected chi connectivity index (χ3v) is 2.19. The molecule has 0 aliphatic heterocycles. The fourth-order valence-corrected chi connectivity index (χ4v) is 1.53. The summed E-state index contributed by atoms with van der Waals surface area (Å²) < 4.78 is 1.97. The number of nitrogens with one attached hydrogen (secondary N) is 1. The lowest BCUT2D eigenvalue weighted by Gasteiger charge is -2.04. The lowest BCUT2D eigenvalue weighted by molar-refractivity contribution is 0.786. The van der Waals surface area contributed by atoms with E-state index in [0.717, 1.165) is 12.1 Å². The van der Waals surface area contributed by atoms with Crippen LogP contribution >= 0.6 is 11.6 Å². The molecular formula is C8H10ClN5. The first kappa shape index (κ1) is 9.21. The zero-order valence-corrected chi connectivity index (χ0v) is 8.71. The van der Waals surface area contributed by atoms with Crippen molar-refractivity contribution in [2.75, 3.05) is 12.4 Å². The molecule has 0 atom stereocenters. The summed E-state index contributed by atoms with van der Waals surface area (Å²) in [6.07, 6.45) is 1.73. The van der Waals surface area contributed by atoms with Gasteiger partial charge in [-0.25, -0.2) is 4.98 Å². The number of hydrogen-bond acceptors (Lipinski definition) is 4. The minimum atomic E-state index is 0.211. The van der Waals surface area contributed by atoms with Crippen LogP contribution in [0.1, 0.15) is 6.92 Å². The molecule has 14 heavy (non-hydrogen) atoms. The van der Waals surface area contributed by atoms with Crippen molar-refractivity contribution in [1.29, 1.82) is 0 Å². The molecule has 0 saturated heterocycles. The van der Waals surface area contributed by atoms with Crippen LogP contribution in [0.15, 0.2) is 6.33 Å². The maximum atomic E-state index is 5.74. The zero-order valence-electron chi connectivity index (χ0n) is 7.95. The molecule has 0 aromatic carbocycles. The lowest BCUT2D eigenvalue weighted by atomic mass is 10.4. The molecule has 0 bridgehead atoms. The van der Waals surface area contributed by atoms with Gasteiger partial charge in [-0.2, -0.15) is 9.97 Å². The fraction of sp³-hybridized carbons (Fsp3) is 0.375. The van der Waals surface area contributed by atoms with E-state index < -0.39 is 0 Å². The highest BCUT2D eigenvalue weighted by Crippen LogP contribution is 2.20. The van der Waals surface area contributed by atoms with E-state index in [1.807, 2.05) is 11.5 Å². The van der Waals surface area contributed by atoms with E-state index in [0.29, 0.717) is 11.5 Å². The second-order valence-electron chi connectivity index (χ2n) is 2.79. The number of anilines is 1. The van der Waals surface area contributed by atoms with Crippen LogP contribution < -0.4 is 5.32 Å². The van der Waals surface area contributed by atoms with Gasteiger partial charge in [-0.15, -0.1) is 0 Å². The molecule has 0 saturated carbocycles. The van der Waals surface area contributed by atoms with Crippen molar-refractivity contribution in [3.8, 4) is 0 Å². The maximum absolute atomic E-state index is 5.74. The van der Waals surface area contributed by atoms with Gasteiger partial charge in [0, 0.05) is 13.6 Å². The van der Waals surface area contributed by atoms with Crippen LogP contribution in [0.4, 0.5) is 5.82 Å². The van der Waals surface area contributed by atoms with Crippen LogP contribution in [0.25, 0.3) is 11.2 Å². The quantitative estimate of drug-likeness (QED) is 0.766. The molecule has 74 valence electrons. The standard InChI is InChI=1S/C8H10ClN5/c1-3-14-4-11-7-5(14)6(10-2)12-8(9)13-7/h4H,3H2,1-2H3,(H,10,12,13). The van der Waals surface area contributed by atoms with E-state index in [2.05, 4.69) is 20.3 Å². The summed E-state index contributed by atoms with van der Waals surface area (Å²) in [5.74, 6) is 0.708. The smallest absolute Gasteiger partial charge is 0.226 e. The highest BCUT2D eigenvalue weighted by molar-refractivity contribution is 6.28. The van der Waals surface area contributed by atoms with Crippen molar-refractivity contribution in [3.63, 3.8) is 0 Å². The molecule has 0 aliphatic carbocycles. The van der Waals surface area contributed by atoms with Gasteiger partial charge < -0.3 is 9.88 Å². The Morgan fingerprint density at radius 2 is 2.29 bits per heavy atom. The van der Waals surface area contributed by atoms with Gasteiger partial charge in [0.25, 0.3) is 0 Å². The van der Waals surface area contributed by atoms with E-state index >= 15 is 0 Å². The lowest BCUT2D eigenvalue weighted by Crippen LogP contribution is -2.00. The second kappa shape index (κ2) is 3.42. The molecule has 0 aliphatic rings. The van der Waals surface area contributed by atoms with Gasteiger partial charge in [0.2, 0.25) is 5.28 Å². The van der Waals surface area contributed by atoms with Crippen molar-refractivity contribution in [2.24, 2.45) is 0 Å². The summed E-state index contributed by atoms with van der Waals surface area (Å²) in [4.78, 5) is 12.3. The Morgan fingerprint density at radius 1 is 1.50 bits per heavy atom. The van der Waals surface area contributed by atoms with Gasteiger partial charge in [0.1, 0.15) is 5.52 Å². The van der Waals surface area contributed by atoms with Crippen molar-refractivity contribution in [3.05, 3.63) is 11.6 Å². The largest absolute Gasteiger partial charge is 0.371 e. The highest BCUT2D eigenvalue weighted by atomic mass is 35.5. The number of aryl methyl sites for hydroxylation is 1. The maximum Gasteiger partial charge on any atom is 0.226 e. The van der Waals surface area contributed by atoms with Crippen molar-refractivity contribution in [1.82, 2.24) is 19.5 Å². The van der Waals surface area contributed by atoms with Gasteiger partial charge in [0.15, 0.2) is 11.5 Å². The molecule has 2 aromatic heterocycles. The highest BCUT2D eigenvalue weighted by Gasteiger charge is 2.10. The first-order chi connectivity index (χ1) is 6.76. The minimum Gasteiger partial charge on any atom is -0.371 e. The van der Waals surface area contributed by atoms with Gasteiger partial charge in [0.05, 0.1) is 6.33 Å². The summed E-state index contributed by atoms with van der Waals surface area (Å²) in [6.45, 7) is 2.87. The molecule has 0 radical (unpaired) electrons. The summed E-state index contributed by atoms with van der Waals surface area (Å²) in [5.41, 5.74) is 1.51. The normalized spacial score (nSPS) is 10.8. The van der Waals surface area contributed by atoms with Gasteiger partial charge >= 0.3 is 0 Å². The van der Waals surface area contributed by atoms with Crippen molar-refractivity contribution in [2.45, 2.75) is 13.5 Å². The number of imidazole rings is 1. The molecule has 0 unspecified atom stereocenters. The Labute approximate surface area is 86.1 Å². The first-order valence-corrected chi connectivity index (χ1v) is 4.70. The zero-order chi connectivity index (χ0) is 10.1.